The van der Waals surface area contributed by atoms with Crippen LogP contribution < -0.4 is 5.32 Å². The molecule has 3 rings (SSSR count). The van der Waals surface area contributed by atoms with Crippen LogP contribution in [0.4, 0.5) is 5.82 Å². The van der Waals surface area contributed by atoms with Gasteiger partial charge in [0.25, 0.3) is 0 Å². The van der Waals surface area contributed by atoms with E-state index in [9.17, 15) is 4.79 Å². The summed E-state index contributed by atoms with van der Waals surface area (Å²) in [7, 11) is 3.81. The summed E-state index contributed by atoms with van der Waals surface area (Å²) in [6.07, 6.45) is 5.54. The number of amides is 1. The molecule has 2 aromatic rings. The topological polar surface area (TPSA) is 74.2 Å². The van der Waals surface area contributed by atoms with E-state index in [1.165, 1.54) is 0 Å². The second kappa shape index (κ2) is 8.23. The number of likely N-dealkylation sites (N-methyl/N-ethyl adjacent to an activating group) is 1. The minimum Gasteiger partial charge on any atom is -0.373 e. The highest BCUT2D eigenvalue weighted by atomic mass is 16.2. The number of likely N-dealkylation sites (tertiary alicyclic amines) is 1. The number of anilines is 1. The lowest BCUT2D eigenvalue weighted by molar-refractivity contribution is -0.133. The van der Waals surface area contributed by atoms with Gasteiger partial charge in [-0.1, -0.05) is 6.07 Å². The summed E-state index contributed by atoms with van der Waals surface area (Å²) in [4.78, 5) is 29.9. The van der Waals surface area contributed by atoms with Crippen molar-refractivity contribution in [3.8, 4) is 0 Å². The van der Waals surface area contributed by atoms with Crippen molar-refractivity contribution in [3.63, 3.8) is 0 Å². The molecule has 1 amide bonds. The van der Waals surface area contributed by atoms with Gasteiger partial charge in [0.15, 0.2) is 0 Å². The van der Waals surface area contributed by atoms with Crippen LogP contribution in [0.5, 0.6) is 0 Å². The van der Waals surface area contributed by atoms with E-state index in [1.807, 2.05) is 55.2 Å². The Hall–Kier alpha value is -2.54. The lowest BCUT2D eigenvalue weighted by atomic mass is 10.1. The lowest BCUT2D eigenvalue weighted by Crippen LogP contribution is -2.38. The Balaban J connectivity index is 1.67. The molecule has 2 aromatic heterocycles. The quantitative estimate of drug-likeness (QED) is 0.855. The van der Waals surface area contributed by atoms with E-state index >= 15 is 0 Å². The maximum atomic E-state index is 12.9. The molecule has 1 N–H and O–H groups in total. The van der Waals surface area contributed by atoms with Gasteiger partial charge in [0, 0.05) is 38.6 Å². The highest BCUT2D eigenvalue weighted by Crippen LogP contribution is 2.31. The summed E-state index contributed by atoms with van der Waals surface area (Å²) < 4.78 is 0. The summed E-state index contributed by atoms with van der Waals surface area (Å²) in [5.41, 5.74) is 2.02. The van der Waals surface area contributed by atoms with Crippen molar-refractivity contribution in [2.24, 2.45) is 0 Å². The van der Waals surface area contributed by atoms with Crippen LogP contribution in [0.3, 0.4) is 0 Å². The molecule has 0 bridgehead atoms. The summed E-state index contributed by atoms with van der Waals surface area (Å²) in [5.74, 6) is 1.65. The van der Waals surface area contributed by atoms with Crippen molar-refractivity contribution in [3.05, 3.63) is 47.7 Å². The fourth-order valence-electron chi connectivity index (χ4n) is 3.44. The Morgan fingerprint density at radius 2 is 2.27 bits per heavy atom. The van der Waals surface area contributed by atoms with Gasteiger partial charge in [-0.3, -0.25) is 14.7 Å². The smallest absolute Gasteiger partial charge is 0.237 e. The molecule has 0 aromatic carbocycles. The molecule has 0 radical (unpaired) electrons. The van der Waals surface area contributed by atoms with Gasteiger partial charge in [-0.25, -0.2) is 9.97 Å². The first-order chi connectivity index (χ1) is 12.6. The Morgan fingerprint density at radius 1 is 1.42 bits per heavy atom. The summed E-state index contributed by atoms with van der Waals surface area (Å²) in [5, 5.41) is 3.07. The van der Waals surface area contributed by atoms with Crippen LogP contribution in [0, 0.1) is 6.92 Å². The van der Waals surface area contributed by atoms with Gasteiger partial charge in [0.1, 0.15) is 11.6 Å². The number of nitrogens with zero attached hydrogens (tertiary/aromatic N) is 5. The van der Waals surface area contributed by atoms with Crippen molar-refractivity contribution >= 4 is 11.7 Å². The van der Waals surface area contributed by atoms with Crippen molar-refractivity contribution < 1.29 is 4.79 Å². The van der Waals surface area contributed by atoms with Gasteiger partial charge in [-0.15, -0.1) is 0 Å². The normalized spacial score (nSPS) is 16.9. The van der Waals surface area contributed by atoms with Gasteiger partial charge < -0.3 is 10.2 Å². The molecular weight excluding hydrogens is 328 g/mol. The third kappa shape index (κ3) is 4.35. The fraction of sp³-hybridized carbons (Fsp3) is 0.474. The summed E-state index contributed by atoms with van der Waals surface area (Å²) >= 11 is 0. The Labute approximate surface area is 154 Å². The number of carbonyl (C=O) groups excluding carboxylic acids is 1. The number of hydrogen-bond donors (Lipinski definition) is 1. The zero-order valence-electron chi connectivity index (χ0n) is 15.6. The van der Waals surface area contributed by atoms with Gasteiger partial charge >= 0.3 is 0 Å². The van der Waals surface area contributed by atoms with Crippen LogP contribution in [-0.2, 0) is 11.3 Å². The van der Waals surface area contributed by atoms with E-state index in [4.69, 9.17) is 0 Å². The first-order valence-electron chi connectivity index (χ1n) is 8.97. The fourth-order valence-corrected chi connectivity index (χ4v) is 3.44. The number of nitrogens with one attached hydrogen (secondary N) is 1. The molecule has 1 aliphatic heterocycles. The van der Waals surface area contributed by atoms with E-state index in [2.05, 4.69) is 20.3 Å². The lowest BCUT2D eigenvalue weighted by Gasteiger charge is -2.27. The minimum atomic E-state index is 0.0306. The number of aryl methyl sites for hydroxylation is 1. The van der Waals surface area contributed by atoms with Gasteiger partial charge in [0.2, 0.25) is 5.91 Å². The monoisotopic (exact) mass is 354 g/mol. The van der Waals surface area contributed by atoms with Crippen molar-refractivity contribution in [1.82, 2.24) is 24.8 Å². The zero-order chi connectivity index (χ0) is 18.5. The number of aromatic nitrogens is 3. The Bertz CT molecular complexity index is 751. The van der Waals surface area contributed by atoms with Crippen LogP contribution >= 0.6 is 0 Å². The van der Waals surface area contributed by atoms with Gasteiger partial charge in [-0.2, -0.15) is 0 Å². The molecule has 1 fully saturated rings. The minimum absolute atomic E-state index is 0.0306. The van der Waals surface area contributed by atoms with Crippen LogP contribution in [0.15, 0.2) is 30.6 Å². The number of hydrogen-bond acceptors (Lipinski definition) is 6. The third-order valence-corrected chi connectivity index (χ3v) is 4.61. The first-order valence-corrected chi connectivity index (χ1v) is 8.97. The highest BCUT2D eigenvalue weighted by Gasteiger charge is 2.31. The maximum absolute atomic E-state index is 12.9. The van der Waals surface area contributed by atoms with Gasteiger partial charge in [0.05, 0.1) is 18.3 Å². The molecule has 1 unspecified atom stereocenters. The molecule has 3 heterocycles. The first kappa shape index (κ1) is 18.3. The van der Waals surface area contributed by atoms with Crippen molar-refractivity contribution in [1.29, 1.82) is 0 Å². The van der Waals surface area contributed by atoms with Crippen LogP contribution in [-0.4, -0.2) is 57.8 Å². The third-order valence-electron chi connectivity index (χ3n) is 4.61. The Kier molecular flexibility index (Phi) is 5.78. The largest absolute Gasteiger partial charge is 0.373 e. The van der Waals surface area contributed by atoms with E-state index < -0.39 is 0 Å². The highest BCUT2D eigenvalue weighted by molar-refractivity contribution is 5.79. The van der Waals surface area contributed by atoms with E-state index in [0.29, 0.717) is 13.1 Å². The predicted molar refractivity (Wildman–Crippen MR) is 101 cm³/mol. The average molecular weight is 354 g/mol. The molecule has 138 valence electrons. The number of rotatable bonds is 6. The second-order valence-corrected chi connectivity index (χ2v) is 6.75. The van der Waals surface area contributed by atoms with Crippen LogP contribution in [0.2, 0.25) is 0 Å². The van der Waals surface area contributed by atoms with E-state index in [-0.39, 0.29) is 11.9 Å². The van der Waals surface area contributed by atoms with Crippen LogP contribution in [0.1, 0.15) is 36.0 Å². The average Bonchev–Trinajstić information content (AvgIpc) is 3.12. The molecule has 1 saturated heterocycles. The number of carbonyl (C=O) groups is 1. The predicted octanol–water partition coefficient (Wildman–Crippen LogP) is 2.02. The maximum Gasteiger partial charge on any atom is 0.237 e. The van der Waals surface area contributed by atoms with Crippen molar-refractivity contribution in [2.45, 2.75) is 32.4 Å². The molecule has 1 aliphatic rings. The molecule has 0 saturated carbocycles. The van der Waals surface area contributed by atoms with E-state index in [0.717, 1.165) is 42.3 Å². The summed E-state index contributed by atoms with van der Waals surface area (Å²) in [6.45, 7) is 3.75. The standard InChI is InChI=1S/C19H26N6O/c1-14-22-16(10-18(20-2)23-14)17-7-5-9-25(17)19(26)13-24(3)12-15-6-4-8-21-11-15/h4,6,8,10-11,17H,5,7,9,12-13H2,1-3H3,(H,20,22,23). The zero-order valence-corrected chi connectivity index (χ0v) is 15.6. The molecule has 7 nitrogen and oxygen atoms in total. The molecule has 1 atom stereocenters. The Morgan fingerprint density at radius 3 is 3.00 bits per heavy atom. The van der Waals surface area contributed by atoms with Crippen molar-refractivity contribution in [2.75, 3.05) is 32.5 Å². The van der Waals surface area contributed by atoms with Crippen LogP contribution in [0.25, 0.3) is 0 Å². The molecule has 26 heavy (non-hydrogen) atoms. The molecule has 0 spiro atoms. The SMILES string of the molecule is CNc1cc(C2CCCN2C(=O)CN(C)Cc2cccnc2)nc(C)n1. The van der Waals surface area contributed by atoms with E-state index in [1.54, 1.807) is 6.20 Å². The summed E-state index contributed by atoms with van der Waals surface area (Å²) in [6, 6.07) is 5.92. The molecular formula is C19H26N6O. The molecule has 7 heteroatoms. The van der Waals surface area contributed by atoms with Gasteiger partial charge in [-0.05, 0) is 38.4 Å². The number of pyridine rings is 1. The molecule has 0 aliphatic carbocycles. The second-order valence-electron chi connectivity index (χ2n) is 6.75.